The van der Waals surface area contributed by atoms with Crippen molar-refractivity contribution < 1.29 is 42.6 Å². The van der Waals surface area contributed by atoms with Crippen molar-refractivity contribution in [3.05, 3.63) is 59.7 Å². The summed E-state index contributed by atoms with van der Waals surface area (Å²) in [6, 6.07) is 14.2. The van der Waals surface area contributed by atoms with Crippen LogP contribution in [0.4, 0.5) is 24.5 Å². The van der Waals surface area contributed by atoms with Gasteiger partial charge in [0.25, 0.3) is 11.8 Å². The quantitative estimate of drug-likeness (QED) is 0.411. The Labute approximate surface area is 217 Å². The fraction of sp³-hybridized carbons (Fsp3) is 0.385. The Morgan fingerprint density at radius 2 is 1.66 bits per heavy atom. The molecule has 0 aliphatic carbocycles. The Bertz CT molecular complexity index is 1140. The summed E-state index contributed by atoms with van der Waals surface area (Å²) < 4.78 is 31.7. The molecule has 2 aromatic rings. The minimum Gasteiger partial charge on any atom is -0.481 e. The van der Waals surface area contributed by atoms with Crippen molar-refractivity contribution in [2.75, 3.05) is 18.0 Å². The molecular formula is C26H30F3N3O6. The number of hydrogen-bond acceptors (Lipinski definition) is 5. The van der Waals surface area contributed by atoms with E-state index >= 15 is 0 Å². The molecule has 0 aromatic heterocycles. The molecule has 1 atom stereocenters. The van der Waals surface area contributed by atoms with Gasteiger partial charge in [0, 0.05) is 11.7 Å². The van der Waals surface area contributed by atoms with E-state index in [0.29, 0.717) is 23.5 Å². The summed E-state index contributed by atoms with van der Waals surface area (Å²) in [5, 5.41) is 16.3. The van der Waals surface area contributed by atoms with E-state index in [-0.39, 0.29) is 24.8 Å². The van der Waals surface area contributed by atoms with Gasteiger partial charge in [0.2, 0.25) is 0 Å². The SMILES string of the molecule is CC(CC(=O)O)N1CC(=O)N(c2ccccc2)c2ccc(CCCCCN)cc2C1=O.O=C(O)C(F)(F)F. The number of alkyl halides is 3. The van der Waals surface area contributed by atoms with Gasteiger partial charge < -0.3 is 20.8 Å². The first-order chi connectivity index (χ1) is 17.9. The van der Waals surface area contributed by atoms with Gasteiger partial charge in [0.1, 0.15) is 6.54 Å². The third-order valence-electron chi connectivity index (χ3n) is 5.78. The standard InChI is InChI=1S/C24H29N3O4.C2HF3O2/c1-17(14-23(29)30)26-16-22(28)27(19-9-5-2-6-10-19)21-12-11-18(8-4-3-7-13-25)15-20(21)24(26)31;3-2(4,5)1(6)7/h2,5-6,9-12,15,17H,3-4,7-8,13-14,16,25H2,1H3,(H,29,30);(H,6,7). The van der Waals surface area contributed by atoms with E-state index in [0.717, 1.165) is 31.2 Å². The highest BCUT2D eigenvalue weighted by Gasteiger charge is 2.38. The molecule has 0 radical (unpaired) electrons. The number of benzene rings is 2. The van der Waals surface area contributed by atoms with Crippen molar-refractivity contribution in [1.82, 2.24) is 4.90 Å². The molecular weight excluding hydrogens is 507 g/mol. The molecule has 3 rings (SSSR count). The summed E-state index contributed by atoms with van der Waals surface area (Å²) in [6.45, 7) is 2.14. The first-order valence-corrected chi connectivity index (χ1v) is 11.9. The topological polar surface area (TPSA) is 141 Å². The second kappa shape index (κ2) is 13.6. The van der Waals surface area contributed by atoms with Gasteiger partial charge in [-0.25, -0.2) is 4.79 Å². The minimum atomic E-state index is -5.08. The van der Waals surface area contributed by atoms with Crippen molar-refractivity contribution in [3.8, 4) is 0 Å². The maximum atomic E-state index is 13.4. The molecule has 4 N–H and O–H groups in total. The van der Waals surface area contributed by atoms with Crippen LogP contribution in [0.2, 0.25) is 0 Å². The number of rotatable bonds is 9. The molecule has 0 saturated carbocycles. The number of halogens is 3. The fourth-order valence-corrected chi connectivity index (χ4v) is 3.91. The third kappa shape index (κ3) is 8.30. The number of nitrogens with zero attached hydrogens (tertiary/aromatic N) is 2. The molecule has 2 aromatic carbocycles. The largest absolute Gasteiger partial charge is 0.490 e. The number of carboxylic acids is 2. The van der Waals surface area contributed by atoms with Crippen LogP contribution in [0, 0.1) is 0 Å². The maximum absolute atomic E-state index is 13.4. The number of hydrogen-bond donors (Lipinski definition) is 3. The van der Waals surface area contributed by atoms with E-state index < -0.39 is 24.2 Å². The number of unbranched alkanes of at least 4 members (excludes halogenated alkanes) is 2. The molecule has 2 amide bonds. The van der Waals surface area contributed by atoms with Gasteiger partial charge in [-0.1, -0.05) is 30.7 Å². The highest BCUT2D eigenvalue weighted by Crippen LogP contribution is 2.34. The van der Waals surface area contributed by atoms with Crippen LogP contribution in [0.25, 0.3) is 0 Å². The molecule has 0 spiro atoms. The van der Waals surface area contributed by atoms with Crippen molar-refractivity contribution in [2.24, 2.45) is 5.73 Å². The average molecular weight is 538 g/mol. The Balaban J connectivity index is 0.000000638. The number of aliphatic carboxylic acids is 2. The molecule has 206 valence electrons. The zero-order valence-electron chi connectivity index (χ0n) is 20.8. The predicted molar refractivity (Wildman–Crippen MR) is 133 cm³/mol. The number of nitrogens with two attached hydrogens (primary N) is 1. The third-order valence-corrected chi connectivity index (χ3v) is 5.78. The number of carboxylic acid groups (broad SMARTS) is 2. The number of anilines is 2. The summed E-state index contributed by atoms with van der Waals surface area (Å²) in [5.74, 6) is -4.36. The van der Waals surface area contributed by atoms with Crippen LogP contribution < -0.4 is 10.6 Å². The van der Waals surface area contributed by atoms with Crippen LogP contribution in [-0.4, -0.2) is 64.2 Å². The average Bonchev–Trinajstić information content (AvgIpc) is 2.96. The summed E-state index contributed by atoms with van der Waals surface area (Å²) in [5.41, 5.74) is 8.19. The second-order valence-electron chi connectivity index (χ2n) is 8.70. The lowest BCUT2D eigenvalue weighted by atomic mass is 10.0. The first-order valence-electron chi connectivity index (χ1n) is 11.9. The number of carbonyl (C=O) groups is 4. The summed E-state index contributed by atoms with van der Waals surface area (Å²) in [4.78, 5) is 49.7. The minimum absolute atomic E-state index is 0.178. The van der Waals surface area contributed by atoms with E-state index in [4.69, 9.17) is 15.6 Å². The van der Waals surface area contributed by atoms with Crippen LogP contribution in [-0.2, 0) is 20.8 Å². The Morgan fingerprint density at radius 3 is 2.21 bits per heavy atom. The molecule has 1 aliphatic rings. The monoisotopic (exact) mass is 537 g/mol. The van der Waals surface area contributed by atoms with E-state index in [2.05, 4.69) is 0 Å². The predicted octanol–water partition coefficient (Wildman–Crippen LogP) is 3.98. The van der Waals surface area contributed by atoms with E-state index in [1.165, 1.54) is 4.90 Å². The fourth-order valence-electron chi connectivity index (χ4n) is 3.91. The molecule has 1 aliphatic heterocycles. The lowest BCUT2D eigenvalue weighted by Crippen LogP contribution is -2.43. The maximum Gasteiger partial charge on any atom is 0.490 e. The van der Waals surface area contributed by atoms with Crippen molar-refractivity contribution >= 4 is 35.1 Å². The highest BCUT2D eigenvalue weighted by molar-refractivity contribution is 6.13. The van der Waals surface area contributed by atoms with Crippen molar-refractivity contribution in [1.29, 1.82) is 0 Å². The molecule has 0 fully saturated rings. The smallest absolute Gasteiger partial charge is 0.481 e. The molecule has 1 heterocycles. The second-order valence-corrected chi connectivity index (χ2v) is 8.70. The Hall–Kier alpha value is -3.93. The van der Waals surface area contributed by atoms with E-state index in [1.54, 1.807) is 11.8 Å². The molecule has 12 heteroatoms. The summed E-state index contributed by atoms with van der Waals surface area (Å²) >= 11 is 0. The van der Waals surface area contributed by atoms with Crippen LogP contribution >= 0.6 is 0 Å². The number of amides is 2. The molecule has 38 heavy (non-hydrogen) atoms. The summed E-state index contributed by atoms with van der Waals surface area (Å²) in [7, 11) is 0. The van der Waals surface area contributed by atoms with E-state index in [9.17, 15) is 32.7 Å². The van der Waals surface area contributed by atoms with Gasteiger partial charge in [0.05, 0.1) is 17.7 Å². The van der Waals surface area contributed by atoms with Gasteiger partial charge >= 0.3 is 18.1 Å². The van der Waals surface area contributed by atoms with Gasteiger partial charge in [-0.15, -0.1) is 0 Å². The van der Waals surface area contributed by atoms with Crippen LogP contribution in [0.15, 0.2) is 48.5 Å². The van der Waals surface area contributed by atoms with Crippen LogP contribution in [0.1, 0.15) is 48.5 Å². The Morgan fingerprint density at radius 1 is 1.03 bits per heavy atom. The zero-order valence-corrected chi connectivity index (χ0v) is 20.8. The van der Waals surface area contributed by atoms with Gasteiger partial charge in [-0.05, 0) is 62.6 Å². The zero-order chi connectivity index (χ0) is 28.5. The molecule has 1 unspecified atom stereocenters. The molecule has 0 bridgehead atoms. The number of carbonyl (C=O) groups excluding carboxylic acids is 2. The number of fused-ring (bicyclic) bond motifs is 1. The van der Waals surface area contributed by atoms with Crippen LogP contribution in [0.3, 0.4) is 0 Å². The lowest BCUT2D eigenvalue weighted by molar-refractivity contribution is -0.192. The highest BCUT2D eigenvalue weighted by atomic mass is 19.4. The Kier molecular flexibility index (Phi) is 10.8. The van der Waals surface area contributed by atoms with Crippen molar-refractivity contribution in [3.63, 3.8) is 0 Å². The summed E-state index contributed by atoms with van der Waals surface area (Å²) in [6.07, 6.45) is -1.56. The number of aryl methyl sites for hydroxylation is 1. The van der Waals surface area contributed by atoms with Gasteiger partial charge in [-0.2, -0.15) is 13.2 Å². The normalized spacial score (nSPS) is 14.2. The van der Waals surface area contributed by atoms with Crippen LogP contribution in [0.5, 0.6) is 0 Å². The molecule has 0 saturated heterocycles. The van der Waals surface area contributed by atoms with E-state index in [1.807, 2.05) is 48.5 Å². The first kappa shape index (κ1) is 30.3. The van der Waals surface area contributed by atoms with Crippen molar-refractivity contribution in [2.45, 2.75) is 51.2 Å². The van der Waals surface area contributed by atoms with Gasteiger partial charge in [0.15, 0.2) is 0 Å². The van der Waals surface area contributed by atoms with Gasteiger partial charge in [-0.3, -0.25) is 19.3 Å². The number of para-hydroxylation sites is 1. The molecule has 9 nitrogen and oxygen atoms in total. The lowest BCUT2D eigenvalue weighted by Gasteiger charge is -2.26.